The summed E-state index contributed by atoms with van der Waals surface area (Å²) in [6.07, 6.45) is 0. The van der Waals surface area contributed by atoms with Crippen LogP contribution in [-0.2, 0) is 9.98 Å². The van der Waals surface area contributed by atoms with Crippen molar-refractivity contribution in [2.24, 2.45) is 0 Å². The molecule has 4 nitrogen and oxygen atoms in total. The second-order valence-electron chi connectivity index (χ2n) is 9.36. The molecule has 6 rings (SSSR count). The van der Waals surface area contributed by atoms with E-state index in [0.717, 1.165) is 16.9 Å². The molecule has 0 aromatic heterocycles. The third kappa shape index (κ3) is 4.08. The van der Waals surface area contributed by atoms with Crippen LogP contribution in [-0.4, -0.2) is 13.8 Å². The van der Waals surface area contributed by atoms with Gasteiger partial charge in [0.15, 0.2) is 0 Å². The zero-order chi connectivity index (χ0) is 26.2. The Labute approximate surface area is 223 Å². The third-order valence-corrected chi connectivity index (χ3v) is 8.13. The van der Waals surface area contributed by atoms with Gasteiger partial charge in [0, 0.05) is 0 Å². The summed E-state index contributed by atoms with van der Waals surface area (Å²) in [4.78, 5) is 0. The molecule has 0 saturated heterocycles. The predicted octanol–water partition coefficient (Wildman–Crippen LogP) is 8.34. The van der Waals surface area contributed by atoms with Gasteiger partial charge in [-0.3, -0.25) is 0 Å². The Morgan fingerprint density at radius 1 is 0.526 bits per heavy atom. The van der Waals surface area contributed by atoms with Crippen molar-refractivity contribution in [1.29, 1.82) is 0 Å². The quantitative estimate of drug-likeness (QED) is 0.199. The van der Waals surface area contributed by atoms with Crippen LogP contribution < -0.4 is 13.8 Å². The molecule has 5 heteroatoms. The van der Waals surface area contributed by atoms with Crippen LogP contribution in [0.4, 0.5) is 0 Å². The summed E-state index contributed by atoms with van der Waals surface area (Å²) in [5.74, 6) is 1.80. The molecule has 0 N–H and O–H groups in total. The van der Waals surface area contributed by atoms with Crippen LogP contribution in [0.3, 0.4) is 0 Å². The summed E-state index contributed by atoms with van der Waals surface area (Å²) in [6.45, 7) is 1.48. The molecular weight excluding hydrogens is 491 g/mol. The lowest BCUT2D eigenvalue weighted by Crippen LogP contribution is -2.28. The van der Waals surface area contributed by atoms with Gasteiger partial charge in [0.2, 0.25) is 0 Å². The van der Waals surface area contributed by atoms with E-state index in [-0.39, 0.29) is 0 Å². The maximum atomic E-state index is 13.1. The third-order valence-electron chi connectivity index (χ3n) is 7.05. The van der Waals surface area contributed by atoms with Crippen LogP contribution >= 0.6 is 7.60 Å². The molecule has 1 aliphatic rings. The highest BCUT2D eigenvalue weighted by molar-refractivity contribution is 7.53. The Kier molecular flexibility index (Phi) is 6.06. The van der Waals surface area contributed by atoms with Gasteiger partial charge in [0.05, 0.1) is 19.2 Å². The number of para-hydroxylation sites is 1. The van der Waals surface area contributed by atoms with E-state index in [1.54, 1.807) is 19.2 Å². The van der Waals surface area contributed by atoms with Gasteiger partial charge in [0.25, 0.3) is 0 Å². The summed E-state index contributed by atoms with van der Waals surface area (Å²) in [7, 11) is -1.70. The van der Waals surface area contributed by atoms with E-state index in [9.17, 15) is 4.57 Å². The minimum Gasteiger partial charge on any atom is -0.497 e. The van der Waals surface area contributed by atoms with Crippen LogP contribution in [0.2, 0.25) is 0 Å². The van der Waals surface area contributed by atoms with Crippen molar-refractivity contribution in [2.75, 3.05) is 13.8 Å². The van der Waals surface area contributed by atoms with E-state index < -0.39 is 13.0 Å². The van der Waals surface area contributed by atoms with Crippen LogP contribution in [0.15, 0.2) is 127 Å². The summed E-state index contributed by atoms with van der Waals surface area (Å²) < 4.78 is 30.1. The maximum absolute atomic E-state index is 13.1. The van der Waals surface area contributed by atoms with E-state index in [4.69, 9.17) is 13.8 Å². The van der Waals surface area contributed by atoms with E-state index in [2.05, 4.69) is 72.8 Å². The number of rotatable bonds is 7. The highest BCUT2D eigenvalue weighted by Gasteiger charge is 2.45. The molecular formula is C33H27O4P. The number of hydrogen-bond acceptors (Lipinski definition) is 4. The van der Waals surface area contributed by atoms with Gasteiger partial charge in [-0.1, -0.05) is 91.0 Å². The Bertz CT molecular complexity index is 1580. The molecule has 1 atom stereocenters. The molecule has 0 saturated carbocycles. The fraction of sp³-hybridized carbons (Fsp3) is 0.0909. The molecule has 0 radical (unpaired) electrons. The maximum Gasteiger partial charge on any atom is 0.427 e. The molecule has 5 aromatic carbocycles. The monoisotopic (exact) mass is 518 g/mol. The predicted molar refractivity (Wildman–Crippen MR) is 152 cm³/mol. The van der Waals surface area contributed by atoms with Crippen LogP contribution in [0.5, 0.6) is 17.2 Å². The molecule has 188 valence electrons. The molecule has 0 amide bonds. The molecule has 0 heterocycles. The summed E-state index contributed by atoms with van der Waals surface area (Å²) in [6, 6.07) is 42.3. The van der Waals surface area contributed by atoms with Crippen molar-refractivity contribution in [3.05, 3.63) is 150 Å². The summed E-state index contributed by atoms with van der Waals surface area (Å²) >= 11 is 0. The van der Waals surface area contributed by atoms with Crippen molar-refractivity contribution in [3.8, 4) is 28.4 Å². The average Bonchev–Trinajstić information content (AvgIpc) is 3.25. The zero-order valence-corrected chi connectivity index (χ0v) is 22.1. The molecule has 5 aromatic rings. The normalized spacial score (nSPS) is 14.6. The highest BCUT2D eigenvalue weighted by Crippen LogP contribution is 2.56. The van der Waals surface area contributed by atoms with Crippen LogP contribution in [0.1, 0.15) is 22.3 Å². The van der Waals surface area contributed by atoms with Crippen molar-refractivity contribution in [3.63, 3.8) is 0 Å². The van der Waals surface area contributed by atoms with Gasteiger partial charge in [-0.15, -0.1) is 0 Å². The van der Waals surface area contributed by atoms with Crippen molar-refractivity contribution in [2.45, 2.75) is 5.41 Å². The Balaban J connectivity index is 1.45. The second kappa shape index (κ2) is 9.55. The molecule has 1 unspecified atom stereocenters. The first-order valence-electron chi connectivity index (χ1n) is 12.5. The number of hydrogen-bond donors (Lipinski definition) is 0. The van der Waals surface area contributed by atoms with Crippen molar-refractivity contribution < 1.29 is 18.3 Å². The van der Waals surface area contributed by atoms with Crippen molar-refractivity contribution >= 4 is 7.60 Å². The standard InChI is InChI=1S/C33H27O4P/c1-35-26-20-16-24(17-21-26)33(31-14-8-6-12-29(31)30-13-7-9-15-32(30)33)25-18-22-28(23-19-25)37-38(2,34)36-27-10-4-3-5-11-27/h3-23H,1-2H3. The summed E-state index contributed by atoms with van der Waals surface area (Å²) in [5, 5.41) is 0. The fourth-order valence-corrected chi connectivity index (χ4v) is 6.56. The number of methoxy groups -OCH3 is 1. The van der Waals surface area contributed by atoms with E-state index in [1.807, 2.05) is 42.5 Å². The lowest BCUT2D eigenvalue weighted by atomic mass is 9.68. The fourth-order valence-electron chi connectivity index (χ4n) is 5.51. The SMILES string of the molecule is COc1ccc(C2(c3ccc(OP(C)(=O)Oc4ccccc4)cc3)c3ccccc3-c3ccccc32)cc1. The van der Waals surface area contributed by atoms with Gasteiger partial charge in [-0.25, -0.2) is 4.57 Å². The largest absolute Gasteiger partial charge is 0.497 e. The van der Waals surface area contributed by atoms with E-state index in [1.165, 1.54) is 28.9 Å². The van der Waals surface area contributed by atoms with Crippen molar-refractivity contribution in [1.82, 2.24) is 0 Å². The van der Waals surface area contributed by atoms with Gasteiger partial charge in [0.1, 0.15) is 17.2 Å². The van der Waals surface area contributed by atoms with E-state index in [0.29, 0.717) is 11.5 Å². The molecule has 0 bridgehead atoms. The molecule has 0 aliphatic heterocycles. The zero-order valence-electron chi connectivity index (χ0n) is 21.2. The topological polar surface area (TPSA) is 44.8 Å². The van der Waals surface area contributed by atoms with Gasteiger partial charge < -0.3 is 13.8 Å². The number of benzene rings is 5. The number of fused-ring (bicyclic) bond motifs is 3. The summed E-state index contributed by atoms with van der Waals surface area (Å²) in [5.41, 5.74) is 6.55. The van der Waals surface area contributed by atoms with Gasteiger partial charge >= 0.3 is 7.60 Å². The first-order valence-corrected chi connectivity index (χ1v) is 14.5. The Morgan fingerprint density at radius 2 is 0.947 bits per heavy atom. The molecule has 0 fully saturated rings. The second-order valence-corrected chi connectivity index (χ2v) is 11.3. The lowest BCUT2D eigenvalue weighted by molar-refractivity contribution is 0.393. The van der Waals surface area contributed by atoms with Crippen LogP contribution in [0, 0.1) is 0 Å². The molecule has 38 heavy (non-hydrogen) atoms. The van der Waals surface area contributed by atoms with Gasteiger partial charge in [-0.05, 0) is 69.8 Å². The number of ether oxygens (including phenoxy) is 1. The minimum absolute atomic E-state index is 0.486. The average molecular weight is 519 g/mol. The first-order chi connectivity index (χ1) is 18.5. The molecule has 1 aliphatic carbocycles. The Hall–Kier alpha value is -4.27. The minimum atomic E-state index is -3.38. The molecule has 0 spiro atoms. The highest BCUT2D eigenvalue weighted by atomic mass is 31.2. The smallest absolute Gasteiger partial charge is 0.427 e. The van der Waals surface area contributed by atoms with Gasteiger partial charge in [-0.2, -0.15) is 0 Å². The van der Waals surface area contributed by atoms with Crippen LogP contribution in [0.25, 0.3) is 11.1 Å². The Morgan fingerprint density at radius 3 is 1.45 bits per heavy atom. The first kappa shape index (κ1) is 24.1. The van der Waals surface area contributed by atoms with E-state index >= 15 is 0 Å². The lowest BCUT2D eigenvalue weighted by Gasteiger charge is -2.34.